The van der Waals surface area contributed by atoms with Gasteiger partial charge in [-0.2, -0.15) is 0 Å². The minimum absolute atomic E-state index is 0. The van der Waals surface area contributed by atoms with Crippen LogP contribution in [0.5, 0.6) is 0 Å². The van der Waals surface area contributed by atoms with Gasteiger partial charge in [-0.05, 0) is 36.6 Å². The minimum Gasteiger partial charge on any atom is -0.357 e. The Morgan fingerprint density at radius 3 is 2.73 bits per heavy atom. The van der Waals surface area contributed by atoms with E-state index in [1.165, 1.54) is 10.9 Å². The van der Waals surface area contributed by atoms with Crippen molar-refractivity contribution in [2.45, 2.75) is 20.0 Å². The molecule has 0 saturated heterocycles. The number of aliphatic imine (C=N–C) groups is 1. The fraction of sp³-hybridized carbons (Fsp3) is 0.267. The number of rotatable bonds is 5. The summed E-state index contributed by atoms with van der Waals surface area (Å²) in [5.74, 6) is -0.332. The summed E-state index contributed by atoms with van der Waals surface area (Å²) in [5, 5.41) is 8.24. The molecule has 0 atom stereocenters. The summed E-state index contributed by atoms with van der Waals surface area (Å²) in [7, 11) is 0. The molecule has 22 heavy (non-hydrogen) atoms. The molecule has 0 bridgehead atoms. The lowest BCUT2D eigenvalue weighted by Crippen LogP contribution is -2.36. The first-order chi connectivity index (χ1) is 10.2. The third-order valence-corrected chi connectivity index (χ3v) is 3.65. The molecule has 0 unspecified atom stereocenters. The highest BCUT2D eigenvalue weighted by molar-refractivity contribution is 14.0. The van der Waals surface area contributed by atoms with Crippen LogP contribution in [0.15, 0.2) is 40.7 Å². The van der Waals surface area contributed by atoms with E-state index in [1.54, 1.807) is 11.3 Å². The summed E-state index contributed by atoms with van der Waals surface area (Å²) in [6.07, 6.45) is 0. The Morgan fingerprint density at radius 2 is 2.05 bits per heavy atom. The van der Waals surface area contributed by atoms with Crippen LogP contribution in [0.1, 0.15) is 17.4 Å². The van der Waals surface area contributed by atoms with Crippen LogP contribution in [0.25, 0.3) is 0 Å². The number of hydrogen-bond acceptors (Lipinski definition) is 2. The summed E-state index contributed by atoms with van der Waals surface area (Å²) in [4.78, 5) is 5.46. The van der Waals surface area contributed by atoms with Crippen molar-refractivity contribution in [1.29, 1.82) is 0 Å². The normalized spacial score (nSPS) is 11.0. The zero-order chi connectivity index (χ0) is 15.1. The van der Waals surface area contributed by atoms with Gasteiger partial charge in [-0.1, -0.05) is 6.07 Å². The quantitative estimate of drug-likeness (QED) is 0.423. The number of hydrogen-bond donors (Lipinski definition) is 2. The third kappa shape index (κ3) is 5.88. The second-order valence-electron chi connectivity index (χ2n) is 4.36. The molecule has 0 aliphatic heterocycles. The van der Waals surface area contributed by atoms with Gasteiger partial charge in [0.15, 0.2) is 5.96 Å². The molecule has 0 aliphatic rings. The number of nitrogens with one attached hydrogen (secondary N) is 2. The highest BCUT2D eigenvalue weighted by Crippen LogP contribution is 2.11. The Kier molecular flexibility index (Phi) is 8.32. The largest absolute Gasteiger partial charge is 0.357 e. The number of nitrogens with zero attached hydrogens (tertiary/aromatic N) is 1. The second-order valence-corrected chi connectivity index (χ2v) is 5.40. The Hall–Kier alpha value is -1.22. The molecule has 0 fully saturated rings. The summed E-state index contributed by atoms with van der Waals surface area (Å²) in [6.45, 7) is 3.38. The lowest BCUT2D eigenvalue weighted by molar-refractivity contribution is 0.585. The van der Waals surface area contributed by atoms with Crippen molar-refractivity contribution in [3.05, 3.63) is 57.8 Å². The second kappa shape index (κ2) is 9.73. The van der Waals surface area contributed by atoms with E-state index in [0.717, 1.165) is 12.1 Å². The maximum absolute atomic E-state index is 13.5. The zero-order valence-electron chi connectivity index (χ0n) is 12.1. The fourth-order valence-corrected chi connectivity index (χ4v) is 2.40. The van der Waals surface area contributed by atoms with Gasteiger partial charge in [0, 0.05) is 17.0 Å². The summed E-state index contributed by atoms with van der Waals surface area (Å²) >= 11 is 1.65. The van der Waals surface area contributed by atoms with Crippen LogP contribution >= 0.6 is 35.3 Å². The molecular formula is C15H18F2IN3S. The molecule has 2 N–H and O–H groups in total. The molecule has 1 aromatic heterocycles. The van der Waals surface area contributed by atoms with E-state index in [4.69, 9.17) is 0 Å². The number of thiophene rings is 1. The highest BCUT2D eigenvalue weighted by atomic mass is 127. The molecular weight excluding hydrogens is 419 g/mol. The molecule has 7 heteroatoms. The molecule has 0 amide bonds. The van der Waals surface area contributed by atoms with Crippen LogP contribution in [-0.2, 0) is 13.1 Å². The van der Waals surface area contributed by atoms with Crippen LogP contribution in [0, 0.1) is 11.6 Å². The van der Waals surface area contributed by atoms with Gasteiger partial charge in [-0.3, -0.25) is 0 Å². The molecule has 0 saturated carbocycles. The SMILES string of the molecule is CCNC(=NCc1cc(F)ccc1F)NCc1cccs1.I. The van der Waals surface area contributed by atoms with Crippen LogP contribution in [-0.4, -0.2) is 12.5 Å². The van der Waals surface area contributed by atoms with Crippen molar-refractivity contribution in [2.24, 2.45) is 4.99 Å². The van der Waals surface area contributed by atoms with Crippen molar-refractivity contribution in [1.82, 2.24) is 10.6 Å². The van der Waals surface area contributed by atoms with Gasteiger partial charge in [0.2, 0.25) is 0 Å². The summed E-state index contributed by atoms with van der Waals surface area (Å²) in [5.41, 5.74) is 0.239. The lowest BCUT2D eigenvalue weighted by atomic mass is 10.2. The smallest absolute Gasteiger partial charge is 0.191 e. The molecule has 0 aliphatic carbocycles. The van der Waals surface area contributed by atoms with Crippen molar-refractivity contribution in [3.8, 4) is 0 Å². The molecule has 120 valence electrons. The van der Waals surface area contributed by atoms with Gasteiger partial charge in [-0.15, -0.1) is 35.3 Å². The van der Waals surface area contributed by atoms with Crippen molar-refractivity contribution < 1.29 is 8.78 Å². The predicted octanol–water partition coefficient (Wildman–Crippen LogP) is 3.90. The Morgan fingerprint density at radius 1 is 1.23 bits per heavy atom. The van der Waals surface area contributed by atoms with E-state index in [1.807, 2.05) is 24.4 Å². The van der Waals surface area contributed by atoms with E-state index in [2.05, 4.69) is 15.6 Å². The topological polar surface area (TPSA) is 36.4 Å². The van der Waals surface area contributed by atoms with Crippen LogP contribution in [0.2, 0.25) is 0 Å². The van der Waals surface area contributed by atoms with Gasteiger partial charge in [0.05, 0.1) is 13.1 Å². The van der Waals surface area contributed by atoms with Gasteiger partial charge in [0.1, 0.15) is 11.6 Å². The van der Waals surface area contributed by atoms with E-state index >= 15 is 0 Å². The number of halogens is 3. The maximum atomic E-state index is 13.5. The molecule has 0 spiro atoms. The van der Waals surface area contributed by atoms with Gasteiger partial charge in [0.25, 0.3) is 0 Å². The summed E-state index contributed by atoms with van der Waals surface area (Å²) < 4.78 is 26.6. The van der Waals surface area contributed by atoms with Crippen LogP contribution in [0.3, 0.4) is 0 Å². The van der Waals surface area contributed by atoms with Crippen LogP contribution < -0.4 is 10.6 Å². The first-order valence-corrected chi connectivity index (χ1v) is 7.55. The van der Waals surface area contributed by atoms with Gasteiger partial charge in [-0.25, -0.2) is 13.8 Å². The zero-order valence-corrected chi connectivity index (χ0v) is 15.3. The van der Waals surface area contributed by atoms with E-state index in [-0.39, 0.29) is 36.1 Å². The Bertz CT molecular complexity index is 603. The van der Waals surface area contributed by atoms with Crippen molar-refractivity contribution in [2.75, 3.05) is 6.54 Å². The van der Waals surface area contributed by atoms with E-state index in [0.29, 0.717) is 19.0 Å². The van der Waals surface area contributed by atoms with Crippen molar-refractivity contribution >= 4 is 41.3 Å². The fourth-order valence-electron chi connectivity index (χ4n) is 1.75. The molecule has 3 nitrogen and oxygen atoms in total. The highest BCUT2D eigenvalue weighted by Gasteiger charge is 2.04. The average molecular weight is 437 g/mol. The minimum atomic E-state index is -0.460. The third-order valence-electron chi connectivity index (χ3n) is 2.77. The first kappa shape index (κ1) is 18.8. The molecule has 1 heterocycles. The Labute approximate surface area is 149 Å². The number of guanidine groups is 1. The predicted molar refractivity (Wildman–Crippen MR) is 97.7 cm³/mol. The standard InChI is InChI=1S/C15H17F2N3S.HI/c1-2-18-15(20-10-13-4-3-7-21-13)19-9-11-8-12(16)5-6-14(11)17;/h3-8H,2,9-10H2,1H3,(H2,18,19,20);1H. The monoisotopic (exact) mass is 437 g/mol. The average Bonchev–Trinajstić information content (AvgIpc) is 2.98. The first-order valence-electron chi connectivity index (χ1n) is 6.67. The Balaban J connectivity index is 0.00000242. The molecule has 0 radical (unpaired) electrons. The van der Waals surface area contributed by atoms with Gasteiger partial charge >= 0.3 is 0 Å². The van der Waals surface area contributed by atoms with E-state index < -0.39 is 11.6 Å². The molecule has 2 aromatic rings. The summed E-state index contributed by atoms with van der Waals surface area (Å²) in [6, 6.07) is 7.39. The van der Waals surface area contributed by atoms with Crippen molar-refractivity contribution in [3.63, 3.8) is 0 Å². The van der Waals surface area contributed by atoms with Crippen LogP contribution in [0.4, 0.5) is 8.78 Å². The number of benzene rings is 1. The maximum Gasteiger partial charge on any atom is 0.191 e. The lowest BCUT2D eigenvalue weighted by Gasteiger charge is -2.10. The van der Waals surface area contributed by atoms with Gasteiger partial charge < -0.3 is 10.6 Å². The van der Waals surface area contributed by atoms with E-state index in [9.17, 15) is 8.78 Å². The molecule has 2 rings (SSSR count). The molecule has 1 aromatic carbocycles.